The smallest absolute Gasteiger partial charge is 0.0114 e. The predicted molar refractivity (Wildman–Crippen MR) is 104 cm³/mol. The number of hydrogen-bond donors (Lipinski definition) is 0. The summed E-state index contributed by atoms with van der Waals surface area (Å²) in [7, 11) is -1.96. The van der Waals surface area contributed by atoms with Crippen LogP contribution in [0.3, 0.4) is 0 Å². The van der Waals surface area contributed by atoms with E-state index in [0.29, 0.717) is 0 Å². The fourth-order valence-corrected chi connectivity index (χ4v) is 4.34. The van der Waals surface area contributed by atoms with E-state index in [-0.39, 0.29) is 24.8 Å². The van der Waals surface area contributed by atoms with E-state index in [1.165, 1.54) is 23.9 Å². The molecular weight excluding hydrogens is 534 g/mol. The minimum Gasteiger partial charge on any atom is -1.00 e. The molecule has 0 nitrogen and oxygen atoms in total. The maximum atomic E-state index is 3.20. The summed E-state index contributed by atoms with van der Waals surface area (Å²) in [5.74, 6) is 0. The summed E-state index contributed by atoms with van der Waals surface area (Å²) < 4.78 is 1.56. The Morgan fingerprint density at radius 3 is 1.12 bits per heavy atom. The Bertz CT molecular complexity index is 446. The quantitative estimate of drug-likeness (QED) is 0.323. The van der Waals surface area contributed by atoms with Crippen LogP contribution in [0.25, 0.3) is 0 Å². The molecule has 0 spiro atoms. The zero-order valence-corrected chi connectivity index (χ0v) is 23.6. The van der Waals surface area contributed by atoms with Crippen molar-refractivity contribution in [2.45, 2.75) is 66.0 Å². The van der Waals surface area contributed by atoms with Crippen LogP contribution in [0.4, 0.5) is 0 Å². The fourth-order valence-electron chi connectivity index (χ4n) is 1.84. The molecule has 0 atom stereocenters. The first-order valence-corrected chi connectivity index (χ1v) is 16.8. The minimum absolute atomic E-state index is 0. The molecule has 0 radical (unpaired) electrons. The summed E-state index contributed by atoms with van der Waals surface area (Å²) in [6.45, 7) is 18.5. The van der Waals surface area contributed by atoms with Crippen molar-refractivity contribution < 1.29 is 48.7 Å². The second kappa shape index (κ2) is 13.9. The Balaban J connectivity index is -0.000000283. The Kier molecular flexibility index (Phi) is 17.0. The summed E-state index contributed by atoms with van der Waals surface area (Å²) in [5, 5.41) is 3.12. The van der Waals surface area contributed by atoms with E-state index in [2.05, 4.69) is 89.6 Å². The van der Waals surface area contributed by atoms with E-state index >= 15 is 0 Å². The number of halogens is 2. The molecule has 0 N–H and O–H groups in total. The van der Waals surface area contributed by atoms with Crippen LogP contribution < -0.4 is 24.8 Å². The summed E-state index contributed by atoms with van der Waals surface area (Å²) in [5.41, 5.74) is 0. The van der Waals surface area contributed by atoms with Gasteiger partial charge in [0.2, 0.25) is 0 Å². The van der Waals surface area contributed by atoms with E-state index in [4.69, 9.17) is 0 Å². The van der Waals surface area contributed by atoms with Crippen LogP contribution in [0.1, 0.15) is 26.7 Å². The second-order valence-corrected chi connectivity index (χ2v) is 21.7. The molecule has 0 aliphatic heterocycles. The molecule has 0 aromatic carbocycles. The molecule has 0 fully saturated rings. The predicted octanol–water partition coefficient (Wildman–Crippen LogP) is -0.140. The first-order valence-electron chi connectivity index (χ1n) is 8.01. The van der Waals surface area contributed by atoms with Crippen molar-refractivity contribution in [1.82, 2.24) is 0 Å². The van der Waals surface area contributed by atoms with E-state index in [9.17, 15) is 0 Å². The van der Waals surface area contributed by atoms with E-state index in [0.717, 1.165) is 12.8 Å². The van der Waals surface area contributed by atoms with Crippen molar-refractivity contribution in [3.63, 3.8) is 0 Å². The van der Waals surface area contributed by atoms with Gasteiger partial charge in [0.1, 0.15) is 0 Å². The molecule has 0 saturated heterocycles. The van der Waals surface area contributed by atoms with Crippen molar-refractivity contribution in [3.05, 3.63) is 46.8 Å². The van der Waals surface area contributed by atoms with Gasteiger partial charge in [0.15, 0.2) is 0 Å². The van der Waals surface area contributed by atoms with E-state index < -0.39 is 16.1 Å². The van der Waals surface area contributed by atoms with Crippen LogP contribution in [0.2, 0.25) is 39.3 Å². The van der Waals surface area contributed by atoms with Gasteiger partial charge in [-0.05, 0) is 16.1 Å². The van der Waals surface area contributed by atoms with Crippen LogP contribution in [0.15, 0.2) is 34.7 Å². The van der Waals surface area contributed by atoms with Gasteiger partial charge in [0, 0.05) is 0 Å². The van der Waals surface area contributed by atoms with Gasteiger partial charge in [-0.1, -0.05) is 39.3 Å². The first-order chi connectivity index (χ1) is 9.94. The molecule has 2 aliphatic carbocycles. The third kappa shape index (κ3) is 15.0. The first kappa shape index (κ1) is 29.5. The SMILES string of the molecule is C[C](C)=[Hf+2].C[Si](C)(C)C1=CC[C-]=C1.C[Si](C)(C)C1=CC[C-]=C1.[Cl-].[Cl-]. The van der Waals surface area contributed by atoms with Crippen LogP contribution in [0.5, 0.6) is 0 Å². The minimum atomic E-state index is -0.981. The molecule has 0 saturated carbocycles. The Hall–Kier alpha value is 0.714. The van der Waals surface area contributed by atoms with Crippen molar-refractivity contribution in [2.75, 3.05) is 0 Å². The molecule has 2 rings (SSSR count). The van der Waals surface area contributed by atoms with E-state index in [1.54, 1.807) is 13.6 Å². The molecule has 0 aromatic heterocycles. The maximum absolute atomic E-state index is 3.20. The van der Waals surface area contributed by atoms with Gasteiger partial charge in [-0.25, -0.2) is 22.5 Å². The van der Waals surface area contributed by atoms with Crippen LogP contribution >= 0.6 is 0 Å². The fraction of sp³-hybridized carbons (Fsp3) is 0.526. The number of rotatable bonds is 2. The molecule has 0 bridgehead atoms. The zero-order valence-electron chi connectivity index (χ0n) is 16.5. The molecule has 0 amide bonds. The van der Waals surface area contributed by atoms with Gasteiger partial charge < -0.3 is 24.8 Å². The van der Waals surface area contributed by atoms with Gasteiger partial charge in [0.25, 0.3) is 0 Å². The number of hydrogen-bond acceptors (Lipinski definition) is 0. The van der Waals surface area contributed by atoms with E-state index in [1.807, 2.05) is 0 Å². The van der Waals surface area contributed by atoms with Gasteiger partial charge in [0.05, 0.1) is 0 Å². The topological polar surface area (TPSA) is 0 Å². The molecule has 0 aromatic rings. The average Bonchev–Trinajstić information content (AvgIpc) is 3.02. The van der Waals surface area contributed by atoms with Gasteiger partial charge >= 0.3 is 41.0 Å². The van der Waals surface area contributed by atoms with Crippen molar-refractivity contribution in [2.24, 2.45) is 0 Å². The van der Waals surface area contributed by atoms with Crippen molar-refractivity contribution in [3.8, 4) is 0 Å². The second-order valence-electron chi connectivity index (χ2n) is 7.92. The van der Waals surface area contributed by atoms with Crippen molar-refractivity contribution >= 4 is 19.4 Å². The third-order valence-electron chi connectivity index (χ3n) is 3.13. The summed E-state index contributed by atoms with van der Waals surface area (Å²) in [6, 6.07) is 0. The maximum Gasteiger partial charge on any atom is -0.0114 e. The molecule has 24 heavy (non-hydrogen) atoms. The summed E-state index contributed by atoms with van der Waals surface area (Å²) in [4.78, 5) is 0. The molecule has 0 heterocycles. The molecule has 136 valence electrons. The average molecular weight is 566 g/mol. The molecule has 0 unspecified atom stereocenters. The normalized spacial score (nSPS) is 14.9. The van der Waals surface area contributed by atoms with Gasteiger partial charge in [-0.3, -0.25) is 12.2 Å². The number of allylic oxidation sites excluding steroid dienone is 8. The monoisotopic (exact) mass is 566 g/mol. The zero-order chi connectivity index (χ0) is 17.4. The summed E-state index contributed by atoms with van der Waals surface area (Å²) in [6.07, 6.45) is 17.4. The standard InChI is InChI=1S/2C8H13Si.C3H6.2ClH.Hf/c2*1-9(2,3)8-6-4-5-7-8;1-3-2;;;/h2*6-7H,4H2,1-3H3;1-2H3;2*1H;/q2*-1;;;;+2/p-2. The van der Waals surface area contributed by atoms with Gasteiger partial charge in [-0.2, -0.15) is 12.2 Å². The molecular formula is C19H32Cl2HfSi2-2. The van der Waals surface area contributed by atoms with Crippen molar-refractivity contribution in [1.29, 1.82) is 0 Å². The molecule has 2 aliphatic rings. The molecule has 5 heteroatoms. The Morgan fingerprint density at radius 2 is 1.04 bits per heavy atom. The van der Waals surface area contributed by atoms with Gasteiger partial charge in [-0.15, -0.1) is 12.8 Å². The van der Waals surface area contributed by atoms with Crippen LogP contribution in [-0.4, -0.2) is 19.4 Å². The van der Waals surface area contributed by atoms with Crippen LogP contribution in [0, 0.1) is 12.2 Å². The Labute approximate surface area is 179 Å². The Morgan fingerprint density at radius 1 is 0.792 bits per heavy atom. The third-order valence-corrected chi connectivity index (χ3v) is 7.29. The summed E-state index contributed by atoms with van der Waals surface area (Å²) >= 11 is 1.27. The van der Waals surface area contributed by atoms with Crippen LogP contribution in [-0.2, 0) is 23.9 Å². The largest absolute Gasteiger partial charge is 1.00 e.